The maximum absolute atomic E-state index is 10.2. The van der Waals surface area contributed by atoms with E-state index in [1.807, 2.05) is 0 Å². The van der Waals surface area contributed by atoms with Crippen molar-refractivity contribution in [1.29, 1.82) is 0 Å². The summed E-state index contributed by atoms with van der Waals surface area (Å²) in [6.45, 7) is 13.9. The highest BCUT2D eigenvalue weighted by Gasteiger charge is 2.50. The summed E-state index contributed by atoms with van der Waals surface area (Å²) >= 11 is 0. The van der Waals surface area contributed by atoms with Crippen molar-refractivity contribution in [1.82, 2.24) is 0 Å². The van der Waals surface area contributed by atoms with Crippen LogP contribution in [-0.2, 0) is 0 Å². The van der Waals surface area contributed by atoms with E-state index in [9.17, 15) is 10.2 Å². The van der Waals surface area contributed by atoms with Gasteiger partial charge in [-0.3, -0.25) is 0 Å². The molecule has 3 aliphatic rings. The van der Waals surface area contributed by atoms with Gasteiger partial charge in [-0.25, -0.2) is 0 Å². The zero-order chi connectivity index (χ0) is 22.6. The number of hydrogen-bond acceptors (Lipinski definition) is 2. The van der Waals surface area contributed by atoms with E-state index in [1.54, 1.807) is 5.57 Å². The Morgan fingerprint density at radius 2 is 1.87 bits per heavy atom. The summed E-state index contributed by atoms with van der Waals surface area (Å²) in [6.07, 6.45) is 18.0. The first-order valence-corrected chi connectivity index (χ1v) is 13.2. The van der Waals surface area contributed by atoms with Gasteiger partial charge in [-0.1, -0.05) is 84.1 Å². The van der Waals surface area contributed by atoms with E-state index in [2.05, 4.69) is 46.4 Å². The Balaban J connectivity index is 1.67. The van der Waals surface area contributed by atoms with E-state index in [-0.39, 0.29) is 0 Å². The molecule has 2 nitrogen and oxygen atoms in total. The van der Waals surface area contributed by atoms with E-state index in [4.69, 9.17) is 0 Å². The first-order valence-electron chi connectivity index (χ1n) is 13.2. The average molecular weight is 429 g/mol. The molecule has 3 aliphatic carbocycles. The number of rotatable bonds is 8. The molecule has 31 heavy (non-hydrogen) atoms. The SMILES string of the molecule is C=C1/C(=C/C=C2\CCC[C@]3(C)[C@@H]([C@H](C)CCCC(CC)CC)CC[C@@H]23)C[C@@H](O)C[C@@H]1O. The van der Waals surface area contributed by atoms with Crippen molar-refractivity contribution in [2.45, 2.75) is 117 Å². The molecular formula is C29H48O2. The maximum Gasteiger partial charge on any atom is 0.0811 e. The summed E-state index contributed by atoms with van der Waals surface area (Å²) in [4.78, 5) is 0. The molecular weight excluding hydrogens is 380 g/mol. The number of aliphatic hydroxyl groups is 2. The Bertz CT molecular complexity index is 670. The van der Waals surface area contributed by atoms with E-state index < -0.39 is 12.2 Å². The lowest BCUT2D eigenvalue weighted by atomic mass is 9.60. The van der Waals surface area contributed by atoms with E-state index in [0.29, 0.717) is 24.2 Å². The Kier molecular flexibility index (Phi) is 8.66. The Morgan fingerprint density at radius 3 is 2.58 bits per heavy atom. The predicted octanol–water partition coefficient (Wildman–Crippen LogP) is 7.37. The van der Waals surface area contributed by atoms with Gasteiger partial charge < -0.3 is 10.2 Å². The smallest absolute Gasteiger partial charge is 0.0811 e. The summed E-state index contributed by atoms with van der Waals surface area (Å²) in [5.74, 6) is 3.30. The first kappa shape index (κ1) is 24.8. The Morgan fingerprint density at radius 1 is 1.13 bits per heavy atom. The zero-order valence-electron chi connectivity index (χ0n) is 20.7. The lowest BCUT2D eigenvalue weighted by Gasteiger charge is -2.44. The van der Waals surface area contributed by atoms with Crippen molar-refractivity contribution < 1.29 is 10.2 Å². The minimum Gasteiger partial charge on any atom is -0.393 e. The topological polar surface area (TPSA) is 40.5 Å². The van der Waals surface area contributed by atoms with Crippen LogP contribution < -0.4 is 0 Å². The van der Waals surface area contributed by atoms with Crippen LogP contribution in [0, 0.1) is 29.1 Å². The molecule has 0 heterocycles. The van der Waals surface area contributed by atoms with Crippen LogP contribution in [0.5, 0.6) is 0 Å². The van der Waals surface area contributed by atoms with Crippen LogP contribution in [0.4, 0.5) is 0 Å². The molecule has 6 atom stereocenters. The summed E-state index contributed by atoms with van der Waals surface area (Å²) in [5, 5.41) is 20.2. The van der Waals surface area contributed by atoms with Gasteiger partial charge in [0.1, 0.15) is 0 Å². The molecule has 0 aliphatic heterocycles. The molecule has 2 N–H and O–H groups in total. The molecule has 2 heteroatoms. The van der Waals surface area contributed by atoms with E-state index in [0.717, 1.165) is 28.9 Å². The van der Waals surface area contributed by atoms with Crippen molar-refractivity contribution in [3.05, 3.63) is 35.5 Å². The molecule has 3 rings (SSSR count). The molecule has 3 fully saturated rings. The molecule has 0 saturated heterocycles. The van der Waals surface area contributed by atoms with Crippen LogP contribution >= 0.6 is 0 Å². The summed E-state index contributed by atoms with van der Waals surface area (Å²) in [6, 6.07) is 0. The largest absolute Gasteiger partial charge is 0.393 e. The first-order chi connectivity index (χ1) is 14.8. The molecule has 0 bridgehead atoms. The monoisotopic (exact) mass is 428 g/mol. The quantitative estimate of drug-likeness (QED) is 0.423. The van der Waals surface area contributed by atoms with Crippen molar-refractivity contribution in [3.63, 3.8) is 0 Å². The van der Waals surface area contributed by atoms with Gasteiger partial charge in [0.2, 0.25) is 0 Å². The van der Waals surface area contributed by atoms with Crippen LogP contribution in [0.15, 0.2) is 35.5 Å². The highest BCUT2D eigenvalue weighted by Crippen LogP contribution is 2.60. The number of fused-ring (bicyclic) bond motifs is 1. The predicted molar refractivity (Wildman–Crippen MR) is 132 cm³/mol. The Hall–Kier alpha value is -0.860. The number of aliphatic hydroxyl groups excluding tert-OH is 2. The summed E-state index contributed by atoms with van der Waals surface area (Å²) in [5.41, 5.74) is 3.89. The lowest BCUT2D eigenvalue weighted by Crippen LogP contribution is -2.36. The zero-order valence-corrected chi connectivity index (χ0v) is 20.7. The maximum atomic E-state index is 10.2. The van der Waals surface area contributed by atoms with Crippen LogP contribution in [0.2, 0.25) is 0 Å². The van der Waals surface area contributed by atoms with Crippen molar-refractivity contribution >= 4 is 0 Å². The molecule has 0 aromatic heterocycles. The highest BCUT2D eigenvalue weighted by atomic mass is 16.3. The fraction of sp³-hybridized carbons (Fsp3) is 0.793. The van der Waals surface area contributed by atoms with Crippen molar-refractivity contribution in [2.24, 2.45) is 29.1 Å². The van der Waals surface area contributed by atoms with Crippen LogP contribution in [-0.4, -0.2) is 22.4 Å². The fourth-order valence-corrected chi connectivity index (χ4v) is 7.31. The third kappa shape index (κ3) is 5.56. The summed E-state index contributed by atoms with van der Waals surface area (Å²) < 4.78 is 0. The molecule has 0 aromatic rings. The minimum absolute atomic E-state index is 0.421. The minimum atomic E-state index is -0.596. The molecule has 0 unspecified atom stereocenters. The van der Waals surface area contributed by atoms with Crippen LogP contribution in [0.25, 0.3) is 0 Å². The van der Waals surface area contributed by atoms with Crippen molar-refractivity contribution in [3.8, 4) is 0 Å². The molecule has 0 radical (unpaired) electrons. The second-order valence-corrected chi connectivity index (χ2v) is 11.3. The van der Waals surface area contributed by atoms with Gasteiger partial charge in [0, 0.05) is 6.42 Å². The molecule has 3 saturated carbocycles. The summed E-state index contributed by atoms with van der Waals surface area (Å²) in [7, 11) is 0. The average Bonchev–Trinajstić information content (AvgIpc) is 3.10. The van der Waals surface area contributed by atoms with E-state index >= 15 is 0 Å². The molecule has 0 spiro atoms. The normalized spacial score (nSPS) is 37.6. The third-order valence-electron chi connectivity index (χ3n) is 9.42. The second kappa shape index (κ2) is 10.8. The van der Waals surface area contributed by atoms with Gasteiger partial charge in [-0.05, 0) is 78.8 Å². The van der Waals surface area contributed by atoms with Gasteiger partial charge in [0.05, 0.1) is 12.2 Å². The van der Waals surface area contributed by atoms with E-state index in [1.165, 1.54) is 64.2 Å². The van der Waals surface area contributed by atoms with Crippen LogP contribution in [0.3, 0.4) is 0 Å². The number of allylic oxidation sites excluding steroid dienone is 3. The standard InChI is InChI=1S/C29H48O2/c1-6-22(7-2)11-8-10-20(3)26-15-16-27-23(12-9-17-29(26,27)5)13-14-24-18-25(30)19-28(31)21(24)4/h13-14,20,22,25-28,30-31H,4,6-12,15-19H2,1-3,5H3/b23-13+,24-14+/t20-,25-,26-,27+,28+,29-/m1/s1. The third-order valence-corrected chi connectivity index (χ3v) is 9.42. The Labute approximate surface area is 191 Å². The van der Waals surface area contributed by atoms with Gasteiger partial charge in [0.25, 0.3) is 0 Å². The van der Waals surface area contributed by atoms with Gasteiger partial charge in [-0.2, -0.15) is 0 Å². The highest BCUT2D eigenvalue weighted by molar-refractivity contribution is 5.38. The lowest BCUT2D eigenvalue weighted by molar-refractivity contribution is 0.0861. The second-order valence-electron chi connectivity index (χ2n) is 11.3. The fourth-order valence-electron chi connectivity index (χ4n) is 7.31. The van der Waals surface area contributed by atoms with Gasteiger partial charge >= 0.3 is 0 Å². The molecule has 0 aromatic carbocycles. The molecule has 0 amide bonds. The molecule has 176 valence electrons. The van der Waals surface area contributed by atoms with Crippen LogP contribution in [0.1, 0.15) is 105 Å². The number of hydrogen-bond donors (Lipinski definition) is 2. The van der Waals surface area contributed by atoms with Gasteiger partial charge in [0.15, 0.2) is 0 Å². The van der Waals surface area contributed by atoms with Crippen molar-refractivity contribution in [2.75, 3.05) is 0 Å². The van der Waals surface area contributed by atoms with Gasteiger partial charge in [-0.15, -0.1) is 0 Å².